The van der Waals surface area contributed by atoms with Crippen molar-refractivity contribution in [3.8, 4) is 22.9 Å². The van der Waals surface area contributed by atoms with Crippen molar-refractivity contribution in [2.75, 3.05) is 20.5 Å². The molecule has 4 aromatic rings. The molecule has 0 saturated carbocycles. The van der Waals surface area contributed by atoms with Crippen LogP contribution in [0.25, 0.3) is 21.9 Å². The molecule has 4 rings (SSSR count). The van der Waals surface area contributed by atoms with Gasteiger partial charge < -0.3 is 9.47 Å². The maximum Gasteiger partial charge on any atom is 0.232 e. The first-order chi connectivity index (χ1) is 11.9. The van der Waals surface area contributed by atoms with Crippen LogP contribution in [0.5, 0.6) is 11.5 Å². The highest BCUT2D eigenvalue weighted by atomic mass is 32.2. The minimum atomic E-state index is -3.39. The van der Waals surface area contributed by atoms with Crippen LogP contribution >= 0.6 is 11.3 Å². The van der Waals surface area contributed by atoms with Crippen molar-refractivity contribution in [1.82, 2.24) is 24.2 Å². The SMILES string of the molecule is COc1cc(OC)c2cc(-c3cnc4sc(S(C)(=O)=O)nn34)nn2c1. The van der Waals surface area contributed by atoms with Crippen LogP contribution in [0.4, 0.5) is 0 Å². The van der Waals surface area contributed by atoms with Crippen LogP contribution in [-0.4, -0.2) is 53.1 Å². The first-order valence-electron chi connectivity index (χ1n) is 7.07. The Hall–Kier alpha value is -2.66. The second-order valence-electron chi connectivity index (χ2n) is 5.29. The third kappa shape index (κ3) is 2.51. The quantitative estimate of drug-likeness (QED) is 0.530. The van der Waals surface area contributed by atoms with E-state index in [1.54, 1.807) is 37.2 Å². The van der Waals surface area contributed by atoms with E-state index in [0.717, 1.165) is 23.1 Å². The van der Waals surface area contributed by atoms with Crippen molar-refractivity contribution in [3.63, 3.8) is 0 Å². The minimum absolute atomic E-state index is 0.0138. The lowest BCUT2D eigenvalue weighted by Crippen LogP contribution is -1.98. The molecule has 4 aromatic heterocycles. The van der Waals surface area contributed by atoms with Gasteiger partial charge in [-0.05, 0) is 6.07 Å². The van der Waals surface area contributed by atoms with Crippen LogP contribution in [0, 0.1) is 0 Å². The third-order valence-corrected chi connectivity index (χ3v) is 6.20. The van der Waals surface area contributed by atoms with Gasteiger partial charge in [0.1, 0.15) is 28.4 Å². The zero-order valence-electron chi connectivity index (χ0n) is 13.5. The van der Waals surface area contributed by atoms with E-state index in [-0.39, 0.29) is 4.34 Å². The second kappa shape index (κ2) is 5.43. The highest BCUT2D eigenvalue weighted by Gasteiger charge is 2.20. The molecule has 0 N–H and O–H groups in total. The van der Waals surface area contributed by atoms with Crippen molar-refractivity contribution < 1.29 is 17.9 Å². The molecule has 4 heterocycles. The van der Waals surface area contributed by atoms with Gasteiger partial charge in [-0.25, -0.2) is 22.4 Å². The summed E-state index contributed by atoms with van der Waals surface area (Å²) in [7, 11) is -0.264. The molecule has 0 spiro atoms. The maximum absolute atomic E-state index is 11.7. The molecule has 0 aliphatic rings. The van der Waals surface area contributed by atoms with Gasteiger partial charge in [0.25, 0.3) is 0 Å². The molecule has 11 heteroatoms. The molecule has 0 aliphatic heterocycles. The van der Waals surface area contributed by atoms with Gasteiger partial charge in [0.2, 0.25) is 19.1 Å². The topological polar surface area (TPSA) is 100 Å². The molecule has 0 atom stereocenters. The number of ether oxygens (including phenoxy) is 2. The Bertz CT molecular complexity index is 1200. The lowest BCUT2D eigenvalue weighted by atomic mass is 10.3. The zero-order chi connectivity index (χ0) is 17.8. The molecule has 0 radical (unpaired) electrons. The second-order valence-corrected chi connectivity index (χ2v) is 8.43. The standard InChI is InChI=1S/C14H13N5O4S2/c1-22-8-4-12(23-2)10-5-9(16-18(10)7-8)11-6-15-13-19(11)17-14(24-13)25(3,20)21/h4-7H,1-3H3. The number of sulfone groups is 1. The van der Waals surface area contributed by atoms with Crippen molar-refractivity contribution in [2.24, 2.45) is 0 Å². The third-order valence-electron chi connectivity index (χ3n) is 3.61. The highest BCUT2D eigenvalue weighted by Crippen LogP contribution is 2.30. The largest absolute Gasteiger partial charge is 0.495 e. The van der Waals surface area contributed by atoms with E-state index >= 15 is 0 Å². The lowest BCUT2D eigenvalue weighted by molar-refractivity contribution is 0.392. The molecular formula is C14H13N5O4S2. The van der Waals surface area contributed by atoms with Crippen molar-refractivity contribution in [3.05, 3.63) is 24.5 Å². The number of methoxy groups -OCH3 is 2. The van der Waals surface area contributed by atoms with Crippen LogP contribution in [0.2, 0.25) is 0 Å². The van der Waals surface area contributed by atoms with Gasteiger partial charge in [-0.2, -0.15) is 5.10 Å². The van der Waals surface area contributed by atoms with E-state index < -0.39 is 9.84 Å². The number of hydrogen-bond acceptors (Lipinski definition) is 8. The van der Waals surface area contributed by atoms with Crippen LogP contribution in [0.15, 0.2) is 28.9 Å². The van der Waals surface area contributed by atoms with E-state index in [2.05, 4.69) is 15.2 Å². The predicted octanol–water partition coefficient (Wildman–Crippen LogP) is 1.53. The fourth-order valence-corrected chi connectivity index (χ4v) is 4.11. The Morgan fingerprint density at radius 3 is 2.64 bits per heavy atom. The lowest BCUT2D eigenvalue weighted by Gasteiger charge is -2.05. The smallest absolute Gasteiger partial charge is 0.232 e. The molecule has 9 nitrogen and oxygen atoms in total. The zero-order valence-corrected chi connectivity index (χ0v) is 15.1. The van der Waals surface area contributed by atoms with E-state index in [1.165, 1.54) is 4.52 Å². The first kappa shape index (κ1) is 15.8. The Balaban J connectivity index is 1.92. The first-order valence-corrected chi connectivity index (χ1v) is 9.78. The number of fused-ring (bicyclic) bond motifs is 2. The molecule has 0 saturated heterocycles. The monoisotopic (exact) mass is 379 g/mol. The number of nitrogens with zero attached hydrogens (tertiary/aromatic N) is 5. The summed E-state index contributed by atoms with van der Waals surface area (Å²) in [5.74, 6) is 1.21. The Kier molecular flexibility index (Phi) is 3.44. The molecule has 0 aliphatic carbocycles. The van der Waals surface area contributed by atoms with E-state index in [9.17, 15) is 8.42 Å². The Morgan fingerprint density at radius 1 is 1.16 bits per heavy atom. The summed E-state index contributed by atoms with van der Waals surface area (Å²) < 4.78 is 37.1. The van der Waals surface area contributed by atoms with Crippen LogP contribution in [-0.2, 0) is 9.84 Å². The Morgan fingerprint density at radius 2 is 1.96 bits per heavy atom. The molecule has 130 valence electrons. The summed E-state index contributed by atoms with van der Waals surface area (Å²) in [6, 6.07) is 3.58. The van der Waals surface area contributed by atoms with Crippen LogP contribution < -0.4 is 9.47 Å². The normalized spacial score (nSPS) is 12.1. The summed E-state index contributed by atoms with van der Waals surface area (Å²) in [6.07, 6.45) is 4.45. The van der Waals surface area contributed by atoms with Crippen LogP contribution in [0.1, 0.15) is 0 Å². The molecule has 0 amide bonds. The van der Waals surface area contributed by atoms with E-state index in [1.807, 2.05) is 6.07 Å². The minimum Gasteiger partial charge on any atom is -0.495 e. The van der Waals surface area contributed by atoms with E-state index in [0.29, 0.717) is 27.8 Å². The Labute approximate surface area is 146 Å². The number of hydrogen-bond donors (Lipinski definition) is 0. The van der Waals surface area contributed by atoms with Gasteiger partial charge in [-0.15, -0.1) is 5.10 Å². The number of imidazole rings is 1. The molecule has 0 bridgehead atoms. The molecular weight excluding hydrogens is 366 g/mol. The predicted molar refractivity (Wildman–Crippen MR) is 91.3 cm³/mol. The number of pyridine rings is 1. The van der Waals surface area contributed by atoms with Crippen molar-refractivity contribution in [1.29, 1.82) is 0 Å². The highest BCUT2D eigenvalue weighted by molar-refractivity contribution is 7.92. The number of rotatable bonds is 4. The fourth-order valence-electron chi connectivity index (χ4n) is 2.44. The van der Waals surface area contributed by atoms with Gasteiger partial charge in [0, 0.05) is 12.3 Å². The van der Waals surface area contributed by atoms with E-state index in [4.69, 9.17) is 9.47 Å². The number of aromatic nitrogens is 5. The molecule has 0 unspecified atom stereocenters. The van der Waals surface area contributed by atoms with Gasteiger partial charge in [0.05, 0.1) is 26.6 Å². The maximum atomic E-state index is 11.7. The summed E-state index contributed by atoms with van der Waals surface area (Å²) >= 11 is 1.01. The molecule has 25 heavy (non-hydrogen) atoms. The average molecular weight is 379 g/mol. The van der Waals surface area contributed by atoms with Gasteiger partial charge in [-0.1, -0.05) is 11.3 Å². The summed E-state index contributed by atoms with van der Waals surface area (Å²) in [4.78, 5) is 4.71. The van der Waals surface area contributed by atoms with Crippen molar-refractivity contribution >= 4 is 31.7 Å². The van der Waals surface area contributed by atoms with Gasteiger partial charge >= 0.3 is 0 Å². The molecule has 0 aromatic carbocycles. The summed E-state index contributed by atoms with van der Waals surface area (Å²) in [5.41, 5.74) is 1.92. The molecule has 0 fully saturated rings. The average Bonchev–Trinajstić information content (AvgIpc) is 3.25. The summed E-state index contributed by atoms with van der Waals surface area (Å²) in [6.45, 7) is 0. The summed E-state index contributed by atoms with van der Waals surface area (Å²) in [5, 5.41) is 8.65. The van der Waals surface area contributed by atoms with Crippen LogP contribution in [0.3, 0.4) is 0 Å². The van der Waals surface area contributed by atoms with Crippen molar-refractivity contribution in [2.45, 2.75) is 4.34 Å². The van der Waals surface area contributed by atoms with Gasteiger partial charge in [0.15, 0.2) is 0 Å². The van der Waals surface area contributed by atoms with Gasteiger partial charge in [-0.3, -0.25) is 0 Å². The fraction of sp³-hybridized carbons (Fsp3) is 0.214.